The first kappa shape index (κ1) is 14.1. The molecular weight excluding hydrogens is 266 g/mol. The highest BCUT2D eigenvalue weighted by molar-refractivity contribution is 5.98. The van der Waals surface area contributed by atoms with Gasteiger partial charge in [0, 0.05) is 24.2 Å². The highest BCUT2D eigenvalue weighted by Crippen LogP contribution is 2.27. The third-order valence-electron chi connectivity index (χ3n) is 4.45. The summed E-state index contributed by atoms with van der Waals surface area (Å²) in [4.78, 5) is 26.1. The molecule has 21 heavy (non-hydrogen) atoms. The van der Waals surface area contributed by atoms with E-state index in [2.05, 4.69) is 5.32 Å². The first-order chi connectivity index (χ1) is 10.1. The molecule has 0 spiro atoms. The van der Waals surface area contributed by atoms with E-state index in [9.17, 15) is 9.59 Å². The van der Waals surface area contributed by atoms with E-state index >= 15 is 0 Å². The Labute approximate surface area is 124 Å². The van der Waals surface area contributed by atoms with Crippen molar-refractivity contribution >= 4 is 17.5 Å². The summed E-state index contributed by atoms with van der Waals surface area (Å²) in [5.41, 5.74) is 7.98. The third-order valence-corrected chi connectivity index (χ3v) is 4.45. The molecule has 5 heteroatoms. The number of carbonyl (C=O) groups is 2. The van der Waals surface area contributed by atoms with Crippen molar-refractivity contribution in [3.05, 3.63) is 29.8 Å². The van der Waals surface area contributed by atoms with Gasteiger partial charge in [-0.2, -0.15) is 0 Å². The number of benzene rings is 1. The molecule has 1 aromatic carbocycles. The van der Waals surface area contributed by atoms with Gasteiger partial charge in [-0.1, -0.05) is 18.2 Å². The molecule has 2 unspecified atom stereocenters. The summed E-state index contributed by atoms with van der Waals surface area (Å²) in [7, 11) is 0. The normalized spacial score (nSPS) is 24.0. The van der Waals surface area contributed by atoms with Crippen molar-refractivity contribution in [2.75, 3.05) is 18.0 Å². The van der Waals surface area contributed by atoms with Gasteiger partial charge in [0.1, 0.15) is 0 Å². The number of hydrogen-bond donors (Lipinski definition) is 2. The van der Waals surface area contributed by atoms with Crippen LogP contribution in [0.15, 0.2) is 24.3 Å². The summed E-state index contributed by atoms with van der Waals surface area (Å²) < 4.78 is 0. The van der Waals surface area contributed by atoms with Crippen LogP contribution >= 0.6 is 0 Å². The Kier molecular flexibility index (Phi) is 3.92. The Balaban J connectivity index is 1.54. The molecule has 2 amide bonds. The van der Waals surface area contributed by atoms with Crippen molar-refractivity contribution in [2.45, 2.75) is 31.7 Å². The monoisotopic (exact) mass is 287 g/mol. The zero-order valence-electron chi connectivity index (χ0n) is 12.0. The maximum absolute atomic E-state index is 12.3. The minimum atomic E-state index is -0.0457. The van der Waals surface area contributed by atoms with E-state index in [0.717, 1.165) is 31.4 Å². The molecule has 2 aliphatic rings. The number of amides is 2. The predicted octanol–water partition coefficient (Wildman–Crippen LogP) is 0.819. The Morgan fingerprint density at radius 1 is 1.29 bits per heavy atom. The quantitative estimate of drug-likeness (QED) is 0.864. The summed E-state index contributed by atoms with van der Waals surface area (Å²) in [6.07, 6.45) is 3.33. The lowest BCUT2D eigenvalue weighted by Crippen LogP contribution is -2.41. The molecule has 0 saturated heterocycles. The largest absolute Gasteiger partial charge is 0.347 e. The molecule has 0 bridgehead atoms. The molecular formula is C16H21N3O2. The average Bonchev–Trinajstić information content (AvgIpc) is 3.10. The second kappa shape index (κ2) is 5.85. The number of para-hydroxylation sites is 1. The zero-order valence-corrected chi connectivity index (χ0v) is 12.0. The van der Waals surface area contributed by atoms with Crippen molar-refractivity contribution < 1.29 is 9.59 Å². The SMILES string of the molecule is NC1CCC(C(=O)NCC(=O)N2CCc3ccccc32)C1. The van der Waals surface area contributed by atoms with Crippen LogP contribution in [0.3, 0.4) is 0 Å². The second-order valence-corrected chi connectivity index (χ2v) is 5.91. The van der Waals surface area contributed by atoms with E-state index in [4.69, 9.17) is 5.73 Å². The Bertz CT molecular complexity index is 558. The molecule has 0 radical (unpaired) electrons. The van der Waals surface area contributed by atoms with Gasteiger partial charge in [0.25, 0.3) is 0 Å². The number of fused-ring (bicyclic) bond motifs is 1. The predicted molar refractivity (Wildman–Crippen MR) is 80.8 cm³/mol. The summed E-state index contributed by atoms with van der Waals surface area (Å²) in [6, 6.07) is 8.04. The summed E-state index contributed by atoms with van der Waals surface area (Å²) >= 11 is 0. The number of nitrogens with one attached hydrogen (secondary N) is 1. The second-order valence-electron chi connectivity index (χ2n) is 5.91. The van der Waals surface area contributed by atoms with Crippen molar-refractivity contribution in [3.63, 3.8) is 0 Å². The van der Waals surface area contributed by atoms with Gasteiger partial charge >= 0.3 is 0 Å². The minimum absolute atomic E-state index is 0.0290. The van der Waals surface area contributed by atoms with E-state index in [-0.39, 0.29) is 30.3 Å². The molecule has 2 atom stereocenters. The van der Waals surface area contributed by atoms with E-state index in [1.807, 2.05) is 24.3 Å². The number of hydrogen-bond acceptors (Lipinski definition) is 3. The highest BCUT2D eigenvalue weighted by atomic mass is 16.2. The first-order valence-corrected chi connectivity index (χ1v) is 7.56. The summed E-state index contributed by atoms with van der Waals surface area (Å²) in [6.45, 7) is 0.765. The number of carbonyl (C=O) groups excluding carboxylic acids is 2. The highest BCUT2D eigenvalue weighted by Gasteiger charge is 2.29. The fourth-order valence-electron chi connectivity index (χ4n) is 3.25. The van der Waals surface area contributed by atoms with Crippen LogP contribution in [-0.2, 0) is 16.0 Å². The summed E-state index contributed by atoms with van der Waals surface area (Å²) in [5.74, 6) is -0.113. The molecule has 1 saturated carbocycles. The zero-order chi connectivity index (χ0) is 14.8. The van der Waals surface area contributed by atoms with Crippen LogP contribution in [0.1, 0.15) is 24.8 Å². The first-order valence-electron chi connectivity index (χ1n) is 7.56. The molecule has 112 valence electrons. The molecule has 1 aliphatic carbocycles. The summed E-state index contributed by atoms with van der Waals surface area (Å²) in [5, 5.41) is 2.77. The minimum Gasteiger partial charge on any atom is -0.347 e. The van der Waals surface area contributed by atoms with Crippen LogP contribution in [-0.4, -0.2) is 30.9 Å². The Hall–Kier alpha value is -1.88. The molecule has 1 heterocycles. The third kappa shape index (κ3) is 2.93. The van der Waals surface area contributed by atoms with Gasteiger partial charge in [0.15, 0.2) is 0 Å². The van der Waals surface area contributed by atoms with Crippen LogP contribution in [0.5, 0.6) is 0 Å². The van der Waals surface area contributed by atoms with Crippen LogP contribution in [0.4, 0.5) is 5.69 Å². The van der Waals surface area contributed by atoms with Gasteiger partial charge in [0.2, 0.25) is 11.8 Å². The fraction of sp³-hybridized carbons (Fsp3) is 0.500. The van der Waals surface area contributed by atoms with Crippen molar-refractivity contribution in [1.29, 1.82) is 0 Å². The standard InChI is InChI=1S/C16H21N3O2/c17-13-6-5-12(9-13)16(21)18-10-15(20)19-8-7-11-3-1-2-4-14(11)19/h1-4,12-13H,5-10,17H2,(H,18,21). The Morgan fingerprint density at radius 2 is 2.10 bits per heavy atom. The van der Waals surface area contributed by atoms with Gasteiger partial charge in [-0.3, -0.25) is 9.59 Å². The molecule has 3 rings (SSSR count). The van der Waals surface area contributed by atoms with Crippen LogP contribution < -0.4 is 16.0 Å². The van der Waals surface area contributed by atoms with Gasteiger partial charge in [-0.15, -0.1) is 0 Å². The van der Waals surface area contributed by atoms with Crippen molar-refractivity contribution in [3.8, 4) is 0 Å². The van der Waals surface area contributed by atoms with Crippen molar-refractivity contribution in [1.82, 2.24) is 5.32 Å². The molecule has 3 N–H and O–H groups in total. The van der Waals surface area contributed by atoms with E-state index in [1.54, 1.807) is 4.90 Å². The van der Waals surface area contributed by atoms with E-state index < -0.39 is 0 Å². The fourth-order valence-corrected chi connectivity index (χ4v) is 3.25. The Morgan fingerprint density at radius 3 is 2.86 bits per heavy atom. The van der Waals surface area contributed by atoms with Gasteiger partial charge < -0.3 is 16.0 Å². The van der Waals surface area contributed by atoms with Gasteiger partial charge in [0.05, 0.1) is 6.54 Å². The van der Waals surface area contributed by atoms with Crippen molar-refractivity contribution in [2.24, 2.45) is 11.7 Å². The van der Waals surface area contributed by atoms with Gasteiger partial charge in [-0.05, 0) is 37.3 Å². The van der Waals surface area contributed by atoms with Gasteiger partial charge in [-0.25, -0.2) is 0 Å². The van der Waals surface area contributed by atoms with Crippen LogP contribution in [0, 0.1) is 5.92 Å². The number of nitrogens with zero attached hydrogens (tertiary/aromatic N) is 1. The van der Waals surface area contributed by atoms with E-state index in [1.165, 1.54) is 5.56 Å². The number of rotatable bonds is 3. The van der Waals surface area contributed by atoms with Crippen LogP contribution in [0.2, 0.25) is 0 Å². The molecule has 1 aromatic rings. The number of nitrogens with two attached hydrogens (primary N) is 1. The smallest absolute Gasteiger partial charge is 0.246 e. The maximum atomic E-state index is 12.3. The topological polar surface area (TPSA) is 75.4 Å². The van der Waals surface area contributed by atoms with E-state index in [0.29, 0.717) is 6.54 Å². The molecule has 1 fully saturated rings. The lowest BCUT2D eigenvalue weighted by atomic mass is 10.1. The molecule has 1 aliphatic heterocycles. The molecule has 5 nitrogen and oxygen atoms in total. The number of anilines is 1. The molecule has 0 aromatic heterocycles. The lowest BCUT2D eigenvalue weighted by molar-refractivity contribution is -0.127. The maximum Gasteiger partial charge on any atom is 0.246 e. The average molecular weight is 287 g/mol. The lowest BCUT2D eigenvalue weighted by Gasteiger charge is -2.18. The van der Waals surface area contributed by atoms with Crippen LogP contribution in [0.25, 0.3) is 0 Å².